The maximum atomic E-state index is 13.3. The van der Waals surface area contributed by atoms with Crippen molar-refractivity contribution in [3.63, 3.8) is 0 Å². The molecule has 0 spiro atoms. The Hall–Kier alpha value is -6.42. The lowest BCUT2D eigenvalue weighted by molar-refractivity contribution is 0.0738. The topological polar surface area (TPSA) is 217 Å². The maximum Gasteiger partial charge on any atom is 0.256 e. The van der Waals surface area contributed by atoms with Crippen molar-refractivity contribution in [2.45, 2.75) is 109 Å². The number of rotatable bonds is 10. The van der Waals surface area contributed by atoms with Gasteiger partial charge in [-0.3, -0.25) is 14.4 Å². The molecule has 0 unspecified atom stereocenters. The molecule has 0 bridgehead atoms. The molecule has 7 heterocycles. The fraction of sp³-hybridized carbons (Fsp3) is 0.365. The molecule has 2 aliphatic rings. The standard InChI is InChI=1S/C22H26N6O2.C14H17N5O.C8H10ClNO.C5H4ClNO.C3H7I/c1-15(2)30-18-8-9-23-21(13-18)26-17-12-16(3)27(14-17)22(29)19-6-4-5-7-20(19)28-24-10-11-25-28;1-10-8-11(15)9-18(10)14(20)12-4-2-3-5-13(12)19-16-6-7-17-19;1-6(2)11-7-3-4-10-8(9)5-7;6-5-3-4(8)1-2-7-5;1-3(2)4/h4-11,13,15-17H,12,14H2,1-3H3,(H,23,26);2-7,10-11H,8-9,15H2,1H3;3-6H,1-2H3;1-3H,(H,7,8);3H,1-2H3/t16-,17-;10-,11-;;;/m11.../s1. The predicted molar refractivity (Wildman–Crippen MR) is 295 cm³/mol. The largest absolute Gasteiger partial charge is 0.491 e. The number of alkyl halides is 1. The minimum absolute atomic E-state index is 0.0154. The number of para-hydroxylation sites is 2. The highest BCUT2D eigenvalue weighted by Gasteiger charge is 2.35. The van der Waals surface area contributed by atoms with E-state index in [1.807, 2.05) is 99.0 Å². The fourth-order valence-corrected chi connectivity index (χ4v) is 7.95. The van der Waals surface area contributed by atoms with Gasteiger partial charge in [-0.1, -0.05) is 83.9 Å². The van der Waals surface area contributed by atoms with Gasteiger partial charge >= 0.3 is 0 Å². The van der Waals surface area contributed by atoms with Gasteiger partial charge in [-0.15, -0.1) is 0 Å². The van der Waals surface area contributed by atoms with Crippen LogP contribution in [0.4, 0.5) is 5.82 Å². The molecular formula is C52H64Cl2IN13O5. The van der Waals surface area contributed by atoms with Crippen LogP contribution >= 0.6 is 45.8 Å². The van der Waals surface area contributed by atoms with Crippen LogP contribution in [-0.2, 0) is 0 Å². The summed E-state index contributed by atoms with van der Waals surface area (Å²) in [5, 5.41) is 20.8. The van der Waals surface area contributed by atoms with Crippen molar-refractivity contribution in [2.24, 2.45) is 5.73 Å². The van der Waals surface area contributed by atoms with Crippen LogP contribution in [0.1, 0.15) is 88.9 Å². The molecule has 73 heavy (non-hydrogen) atoms. The van der Waals surface area contributed by atoms with Crippen molar-refractivity contribution < 1.29 is 19.1 Å². The number of hydrogen-bond acceptors (Lipinski definition) is 13. The summed E-state index contributed by atoms with van der Waals surface area (Å²) in [5.74, 6) is 2.26. The SMILES string of the molecule is CC(C)I.CC(C)Oc1ccnc(Cl)c1.CC(C)Oc1ccnc(N[C@@H]2C[C@@H](C)N(C(=O)c3ccccc3-n3nccn3)C2)c1.C[C@@H]1C[C@@H](N)CN1C(=O)c1ccccc1-n1nccn1.O=c1cc[nH]c(Cl)c1. The Balaban J connectivity index is 0.000000196. The first kappa shape index (κ1) is 57.5. The Labute approximate surface area is 450 Å². The number of anilines is 1. The number of aromatic amines is 1. The molecule has 2 fully saturated rings. The van der Waals surface area contributed by atoms with Crippen molar-refractivity contribution in [1.29, 1.82) is 0 Å². The van der Waals surface area contributed by atoms with Gasteiger partial charge in [0.1, 0.15) is 27.6 Å². The average molecular weight is 1150 g/mol. The molecule has 0 aliphatic carbocycles. The van der Waals surface area contributed by atoms with Crippen LogP contribution in [0, 0.1) is 0 Å². The molecule has 5 aromatic heterocycles. The van der Waals surface area contributed by atoms with Crippen molar-refractivity contribution in [2.75, 3.05) is 18.4 Å². The third kappa shape index (κ3) is 18.5. The molecule has 0 radical (unpaired) electrons. The molecule has 2 amide bonds. The number of hydrogen-bond donors (Lipinski definition) is 3. The number of nitrogens with two attached hydrogens (primary N) is 1. The fourth-order valence-electron chi connectivity index (χ4n) is 7.61. The lowest BCUT2D eigenvalue weighted by atomic mass is 10.1. The molecule has 4 N–H and O–H groups in total. The summed E-state index contributed by atoms with van der Waals surface area (Å²) in [5.41, 5.74) is 8.42. The highest BCUT2D eigenvalue weighted by molar-refractivity contribution is 14.1. The molecule has 388 valence electrons. The summed E-state index contributed by atoms with van der Waals surface area (Å²) in [6.07, 6.45) is 13.2. The molecule has 18 nitrogen and oxygen atoms in total. The Morgan fingerprint density at radius 3 is 1.62 bits per heavy atom. The van der Waals surface area contributed by atoms with Gasteiger partial charge in [0.25, 0.3) is 11.8 Å². The third-order valence-corrected chi connectivity index (χ3v) is 10.9. The number of aromatic nitrogens is 9. The summed E-state index contributed by atoms with van der Waals surface area (Å²) in [4.78, 5) is 54.0. The molecule has 7 aromatic rings. The van der Waals surface area contributed by atoms with Gasteiger partial charge in [-0.2, -0.15) is 30.0 Å². The molecule has 0 saturated carbocycles. The predicted octanol–water partition coefficient (Wildman–Crippen LogP) is 9.37. The Kier molecular flexibility index (Phi) is 22.6. The lowest BCUT2D eigenvalue weighted by Crippen LogP contribution is -2.36. The zero-order chi connectivity index (χ0) is 53.0. The van der Waals surface area contributed by atoms with Crippen LogP contribution in [0.2, 0.25) is 10.3 Å². The molecule has 2 aromatic carbocycles. The van der Waals surface area contributed by atoms with Gasteiger partial charge in [-0.25, -0.2) is 9.97 Å². The second kappa shape index (κ2) is 28.7. The van der Waals surface area contributed by atoms with E-state index in [-0.39, 0.29) is 53.6 Å². The lowest BCUT2D eigenvalue weighted by Gasteiger charge is -2.22. The smallest absolute Gasteiger partial charge is 0.256 e. The average Bonchev–Trinajstić information content (AvgIpc) is 4.18. The van der Waals surface area contributed by atoms with E-state index in [1.54, 1.807) is 55.4 Å². The van der Waals surface area contributed by atoms with Crippen LogP contribution < -0.4 is 26.0 Å². The van der Waals surface area contributed by atoms with E-state index in [0.717, 1.165) is 34.1 Å². The molecule has 4 atom stereocenters. The first-order chi connectivity index (χ1) is 34.9. The Bertz CT molecular complexity index is 2830. The first-order valence-corrected chi connectivity index (χ1v) is 25.8. The number of ether oxygens (including phenoxy) is 2. The summed E-state index contributed by atoms with van der Waals surface area (Å²) in [6, 6.07) is 25.2. The highest BCUT2D eigenvalue weighted by Crippen LogP contribution is 2.27. The normalized spacial score (nSPS) is 16.8. The minimum Gasteiger partial charge on any atom is -0.491 e. The highest BCUT2D eigenvalue weighted by atomic mass is 127. The van der Waals surface area contributed by atoms with Crippen molar-refractivity contribution in [1.82, 2.24) is 54.7 Å². The number of halogens is 3. The monoisotopic (exact) mass is 1150 g/mol. The van der Waals surface area contributed by atoms with Crippen molar-refractivity contribution in [3.05, 3.63) is 160 Å². The van der Waals surface area contributed by atoms with Gasteiger partial charge in [0.05, 0.1) is 59.5 Å². The first-order valence-electron chi connectivity index (χ1n) is 23.8. The molecular weight excluding hydrogens is 1080 g/mol. The van der Waals surface area contributed by atoms with Crippen LogP contribution in [0.15, 0.2) is 133 Å². The molecule has 21 heteroatoms. The van der Waals surface area contributed by atoms with Crippen molar-refractivity contribution >= 4 is 63.4 Å². The quantitative estimate of drug-likeness (QED) is 0.0662. The Morgan fingerprint density at radius 2 is 1.16 bits per heavy atom. The second-order valence-corrected chi connectivity index (χ2v) is 21.1. The van der Waals surface area contributed by atoms with Gasteiger partial charge in [0.2, 0.25) is 0 Å². The molecule has 9 rings (SSSR count). The number of nitrogens with zero attached hydrogens (tertiary/aromatic N) is 10. The zero-order valence-electron chi connectivity index (χ0n) is 42.2. The van der Waals surface area contributed by atoms with E-state index >= 15 is 0 Å². The summed E-state index contributed by atoms with van der Waals surface area (Å²) >= 11 is 13.4. The zero-order valence-corrected chi connectivity index (χ0v) is 45.9. The second-order valence-electron chi connectivity index (χ2n) is 17.8. The molecule has 2 saturated heterocycles. The van der Waals surface area contributed by atoms with Gasteiger partial charge in [0.15, 0.2) is 5.43 Å². The van der Waals surface area contributed by atoms with Gasteiger partial charge < -0.3 is 35.3 Å². The minimum atomic E-state index is -0.0752. The van der Waals surface area contributed by atoms with E-state index < -0.39 is 0 Å². The number of pyridine rings is 3. The molecule has 2 aliphatic heterocycles. The van der Waals surface area contributed by atoms with Gasteiger partial charge in [0, 0.05) is 84.0 Å². The third-order valence-electron chi connectivity index (χ3n) is 10.5. The van der Waals surface area contributed by atoms with E-state index in [2.05, 4.69) is 84.0 Å². The van der Waals surface area contributed by atoms with Crippen LogP contribution in [0.3, 0.4) is 0 Å². The number of H-pyrrole nitrogens is 1. The summed E-state index contributed by atoms with van der Waals surface area (Å²) in [6.45, 7) is 17.5. The summed E-state index contributed by atoms with van der Waals surface area (Å²) < 4.78 is 11.9. The van der Waals surface area contributed by atoms with Crippen LogP contribution in [0.25, 0.3) is 11.4 Å². The van der Waals surface area contributed by atoms with E-state index in [9.17, 15) is 14.4 Å². The van der Waals surface area contributed by atoms with E-state index in [1.165, 1.54) is 27.9 Å². The van der Waals surface area contributed by atoms with Gasteiger partial charge in [-0.05, 0) is 90.8 Å². The number of amides is 2. The van der Waals surface area contributed by atoms with Crippen LogP contribution in [-0.4, -0.2) is 120 Å². The number of carbonyl (C=O) groups excluding carboxylic acids is 2. The number of likely N-dealkylation sites (tertiary alicyclic amines) is 2. The maximum absolute atomic E-state index is 13.3. The van der Waals surface area contributed by atoms with E-state index in [4.69, 9.17) is 38.4 Å². The van der Waals surface area contributed by atoms with E-state index in [0.29, 0.717) is 45.9 Å². The van der Waals surface area contributed by atoms with Crippen LogP contribution in [0.5, 0.6) is 11.5 Å². The number of nitrogens with one attached hydrogen (secondary N) is 2. The summed E-state index contributed by atoms with van der Waals surface area (Å²) in [7, 11) is 0. The van der Waals surface area contributed by atoms with Crippen molar-refractivity contribution in [3.8, 4) is 22.9 Å². The Morgan fingerprint density at radius 1 is 0.685 bits per heavy atom. The number of carbonyl (C=O) groups is 2. The number of benzene rings is 2.